The van der Waals surface area contributed by atoms with Crippen molar-refractivity contribution in [3.8, 4) is 0 Å². The van der Waals surface area contributed by atoms with Crippen LogP contribution in [-0.4, -0.2) is 23.1 Å². The zero-order valence-electron chi connectivity index (χ0n) is 10.2. The number of amides is 1. The molecule has 0 atom stereocenters. The van der Waals surface area contributed by atoms with Gasteiger partial charge in [-0.25, -0.2) is 0 Å². The monoisotopic (exact) mass is 246 g/mol. The molecule has 2 aromatic rings. The first-order valence-corrected chi connectivity index (χ1v) is 5.53. The number of anilines is 1. The molecule has 2 aromatic heterocycles. The van der Waals surface area contributed by atoms with Crippen molar-refractivity contribution in [2.45, 2.75) is 13.5 Å². The highest BCUT2D eigenvalue weighted by atomic mass is 16.5. The minimum absolute atomic E-state index is 0.184. The van der Waals surface area contributed by atoms with E-state index < -0.39 is 0 Å². The average molecular weight is 246 g/mol. The fourth-order valence-corrected chi connectivity index (χ4v) is 1.55. The molecule has 0 spiro atoms. The van der Waals surface area contributed by atoms with E-state index in [1.54, 1.807) is 31.6 Å². The van der Waals surface area contributed by atoms with Gasteiger partial charge in [0.2, 0.25) is 0 Å². The van der Waals surface area contributed by atoms with Gasteiger partial charge in [0.05, 0.1) is 29.7 Å². The van der Waals surface area contributed by atoms with E-state index in [4.69, 9.17) is 4.52 Å². The smallest absolute Gasteiger partial charge is 0.253 e. The Hall–Kier alpha value is -2.37. The van der Waals surface area contributed by atoms with E-state index in [0.717, 1.165) is 5.69 Å². The van der Waals surface area contributed by atoms with Crippen molar-refractivity contribution in [1.29, 1.82) is 0 Å². The summed E-state index contributed by atoms with van der Waals surface area (Å²) in [5.74, 6) is 0.441. The van der Waals surface area contributed by atoms with Crippen LogP contribution >= 0.6 is 0 Å². The summed E-state index contributed by atoms with van der Waals surface area (Å²) in [5, 5.41) is 9.43. The van der Waals surface area contributed by atoms with Crippen LogP contribution in [0.5, 0.6) is 0 Å². The van der Waals surface area contributed by atoms with Gasteiger partial charge in [-0.3, -0.25) is 9.78 Å². The highest BCUT2D eigenvalue weighted by molar-refractivity contribution is 5.99. The molecule has 94 valence electrons. The van der Waals surface area contributed by atoms with Gasteiger partial charge in [-0.1, -0.05) is 5.16 Å². The average Bonchev–Trinajstić information content (AvgIpc) is 2.81. The van der Waals surface area contributed by atoms with Crippen molar-refractivity contribution in [3.05, 3.63) is 41.5 Å². The van der Waals surface area contributed by atoms with E-state index >= 15 is 0 Å². The first-order chi connectivity index (χ1) is 8.70. The number of aryl methyl sites for hydroxylation is 1. The number of rotatable bonds is 4. The third-order valence-electron chi connectivity index (χ3n) is 2.43. The Morgan fingerprint density at radius 3 is 3.00 bits per heavy atom. The van der Waals surface area contributed by atoms with E-state index in [9.17, 15) is 4.79 Å². The summed E-state index contributed by atoms with van der Waals surface area (Å²) in [6.07, 6.45) is 3.18. The minimum atomic E-state index is -0.184. The molecular formula is C12H14N4O2. The number of hydrogen-bond donors (Lipinski definition) is 2. The summed E-state index contributed by atoms with van der Waals surface area (Å²) in [5.41, 5.74) is 2.02. The lowest BCUT2D eigenvalue weighted by molar-refractivity contribution is 0.0948. The maximum atomic E-state index is 12.0. The number of nitrogens with one attached hydrogen (secondary N) is 2. The molecule has 1 amide bonds. The third kappa shape index (κ3) is 2.65. The summed E-state index contributed by atoms with van der Waals surface area (Å²) in [7, 11) is 1.74. The second-order valence-electron chi connectivity index (χ2n) is 3.79. The van der Waals surface area contributed by atoms with Crippen LogP contribution in [-0.2, 0) is 6.54 Å². The second-order valence-corrected chi connectivity index (χ2v) is 3.79. The molecule has 0 saturated carbocycles. The molecule has 0 aliphatic rings. The van der Waals surface area contributed by atoms with Crippen LogP contribution in [0.3, 0.4) is 0 Å². The van der Waals surface area contributed by atoms with Crippen molar-refractivity contribution in [1.82, 2.24) is 15.5 Å². The van der Waals surface area contributed by atoms with Gasteiger partial charge in [0.25, 0.3) is 5.91 Å². The second kappa shape index (κ2) is 5.31. The maximum absolute atomic E-state index is 12.0. The highest BCUT2D eigenvalue weighted by Gasteiger charge is 2.11. The van der Waals surface area contributed by atoms with Gasteiger partial charge >= 0.3 is 0 Å². The molecule has 0 radical (unpaired) electrons. The first-order valence-electron chi connectivity index (χ1n) is 5.53. The number of pyridine rings is 1. The van der Waals surface area contributed by atoms with Crippen LogP contribution in [0.15, 0.2) is 29.0 Å². The van der Waals surface area contributed by atoms with Crippen molar-refractivity contribution in [2.24, 2.45) is 0 Å². The lowest BCUT2D eigenvalue weighted by Gasteiger charge is -2.07. The Morgan fingerprint density at radius 2 is 2.33 bits per heavy atom. The third-order valence-corrected chi connectivity index (χ3v) is 2.43. The molecule has 2 rings (SSSR count). The number of hydrogen-bond acceptors (Lipinski definition) is 5. The normalized spacial score (nSPS) is 10.1. The summed E-state index contributed by atoms with van der Waals surface area (Å²) in [6.45, 7) is 2.14. The summed E-state index contributed by atoms with van der Waals surface area (Å²) in [6, 6.07) is 3.44. The largest absolute Gasteiger partial charge is 0.386 e. The molecule has 18 heavy (non-hydrogen) atoms. The van der Waals surface area contributed by atoms with Crippen LogP contribution in [0, 0.1) is 6.92 Å². The molecule has 2 N–H and O–H groups in total. The summed E-state index contributed by atoms with van der Waals surface area (Å²) >= 11 is 0. The van der Waals surface area contributed by atoms with Crippen molar-refractivity contribution < 1.29 is 9.32 Å². The highest BCUT2D eigenvalue weighted by Crippen LogP contribution is 2.12. The van der Waals surface area contributed by atoms with Crippen LogP contribution in [0.1, 0.15) is 21.8 Å². The molecule has 0 aliphatic carbocycles. The molecule has 6 heteroatoms. The van der Waals surface area contributed by atoms with Crippen LogP contribution in [0.2, 0.25) is 0 Å². The molecule has 0 bridgehead atoms. The predicted octanol–water partition coefficient (Wildman–Crippen LogP) is 1.35. The predicted molar refractivity (Wildman–Crippen MR) is 66.2 cm³/mol. The van der Waals surface area contributed by atoms with Gasteiger partial charge in [0.15, 0.2) is 5.76 Å². The molecule has 6 nitrogen and oxygen atoms in total. The molecule has 0 saturated heterocycles. The molecule has 2 heterocycles. The topological polar surface area (TPSA) is 80.0 Å². The Balaban J connectivity index is 2.03. The zero-order chi connectivity index (χ0) is 13.0. The van der Waals surface area contributed by atoms with Gasteiger partial charge in [-0.15, -0.1) is 0 Å². The molecular weight excluding hydrogens is 232 g/mol. The van der Waals surface area contributed by atoms with Crippen LogP contribution in [0.25, 0.3) is 0 Å². The molecule has 0 fully saturated rings. The number of carbonyl (C=O) groups excluding carboxylic acids is 1. The van der Waals surface area contributed by atoms with Crippen molar-refractivity contribution >= 4 is 11.6 Å². The van der Waals surface area contributed by atoms with Crippen molar-refractivity contribution in [2.75, 3.05) is 12.4 Å². The Bertz CT molecular complexity index is 551. The molecule has 0 aliphatic heterocycles. The Labute approximate surface area is 104 Å². The van der Waals surface area contributed by atoms with Crippen LogP contribution in [0.4, 0.5) is 5.69 Å². The number of carbonyl (C=O) groups is 1. The Morgan fingerprint density at radius 1 is 1.50 bits per heavy atom. The fourth-order valence-electron chi connectivity index (χ4n) is 1.55. The van der Waals surface area contributed by atoms with E-state index in [2.05, 4.69) is 20.8 Å². The standard InChI is InChI=1S/C12H14N4O2/c1-8-5-9(18-16-8)6-15-12(17)10-3-4-14-7-11(10)13-2/h3-5,7,13H,6H2,1-2H3,(H,15,17). The van der Waals surface area contributed by atoms with E-state index in [0.29, 0.717) is 23.6 Å². The number of nitrogens with zero attached hydrogens (tertiary/aromatic N) is 2. The Kier molecular flexibility index (Phi) is 3.57. The lowest BCUT2D eigenvalue weighted by atomic mass is 10.2. The van der Waals surface area contributed by atoms with Gasteiger partial charge in [0, 0.05) is 19.3 Å². The van der Waals surface area contributed by atoms with E-state index in [-0.39, 0.29) is 5.91 Å². The summed E-state index contributed by atoms with van der Waals surface area (Å²) in [4.78, 5) is 15.9. The van der Waals surface area contributed by atoms with E-state index in [1.165, 1.54) is 0 Å². The quantitative estimate of drug-likeness (QED) is 0.851. The zero-order valence-corrected chi connectivity index (χ0v) is 10.2. The molecule has 0 unspecified atom stereocenters. The summed E-state index contributed by atoms with van der Waals surface area (Å²) < 4.78 is 5.01. The van der Waals surface area contributed by atoms with Crippen molar-refractivity contribution in [3.63, 3.8) is 0 Å². The minimum Gasteiger partial charge on any atom is -0.386 e. The van der Waals surface area contributed by atoms with Gasteiger partial charge in [-0.05, 0) is 13.0 Å². The lowest BCUT2D eigenvalue weighted by Crippen LogP contribution is -2.23. The van der Waals surface area contributed by atoms with Gasteiger partial charge in [0.1, 0.15) is 0 Å². The van der Waals surface area contributed by atoms with E-state index in [1.807, 2.05) is 6.92 Å². The number of aromatic nitrogens is 2. The van der Waals surface area contributed by atoms with Crippen LogP contribution < -0.4 is 10.6 Å². The maximum Gasteiger partial charge on any atom is 0.253 e. The SMILES string of the molecule is CNc1cnccc1C(=O)NCc1cc(C)no1. The van der Waals surface area contributed by atoms with Gasteiger partial charge < -0.3 is 15.2 Å². The molecule has 0 aromatic carbocycles. The fraction of sp³-hybridized carbons (Fsp3) is 0.250. The first kappa shape index (κ1) is 12.1. The van der Waals surface area contributed by atoms with Gasteiger partial charge in [-0.2, -0.15) is 0 Å².